The standard InChI is InChI=1S/C20H26BrN3O4/c1-19(2,3)27-17(25)24(18(26)28-20(4,5)6)16-15(21)14-9-12(10-22)7-8-13(14)11-23-16/h7-9,11H,10,22H2,1-6H3. The number of imide groups is 1. The number of hydrogen-bond donors (Lipinski definition) is 1. The van der Waals surface area contributed by atoms with Crippen molar-refractivity contribution in [2.24, 2.45) is 5.73 Å². The normalized spacial score (nSPS) is 12.0. The van der Waals surface area contributed by atoms with E-state index in [0.29, 0.717) is 11.0 Å². The van der Waals surface area contributed by atoms with Crippen LogP contribution in [0.5, 0.6) is 0 Å². The van der Waals surface area contributed by atoms with Gasteiger partial charge in [0.1, 0.15) is 11.2 Å². The SMILES string of the molecule is CC(C)(C)OC(=O)N(C(=O)OC(C)(C)C)c1ncc2ccc(CN)cc2c1Br. The Labute approximate surface area is 173 Å². The van der Waals surface area contributed by atoms with Crippen LogP contribution in [0.1, 0.15) is 47.1 Å². The number of anilines is 1. The summed E-state index contributed by atoms with van der Waals surface area (Å²) in [6.07, 6.45) is -0.161. The molecule has 8 heteroatoms. The van der Waals surface area contributed by atoms with E-state index in [1.165, 1.54) is 0 Å². The molecule has 0 radical (unpaired) electrons. The number of amides is 2. The Bertz CT molecular complexity index is 873. The highest BCUT2D eigenvalue weighted by atomic mass is 79.9. The Morgan fingerprint density at radius 3 is 2.07 bits per heavy atom. The molecule has 2 amide bonds. The molecule has 1 aromatic heterocycles. The number of pyridine rings is 1. The van der Waals surface area contributed by atoms with Crippen LogP contribution in [0.2, 0.25) is 0 Å². The van der Waals surface area contributed by atoms with Crippen molar-refractivity contribution < 1.29 is 19.1 Å². The van der Waals surface area contributed by atoms with Crippen molar-refractivity contribution >= 4 is 44.7 Å². The summed E-state index contributed by atoms with van der Waals surface area (Å²) in [6, 6.07) is 5.66. The van der Waals surface area contributed by atoms with Gasteiger partial charge in [-0.1, -0.05) is 12.1 Å². The number of aromatic nitrogens is 1. The molecule has 0 saturated heterocycles. The molecule has 0 bridgehead atoms. The predicted molar refractivity (Wildman–Crippen MR) is 112 cm³/mol. The van der Waals surface area contributed by atoms with E-state index in [0.717, 1.165) is 21.2 Å². The van der Waals surface area contributed by atoms with E-state index in [-0.39, 0.29) is 5.82 Å². The number of nitrogens with two attached hydrogens (primary N) is 1. The Morgan fingerprint density at radius 2 is 1.61 bits per heavy atom. The van der Waals surface area contributed by atoms with Gasteiger partial charge in [-0.3, -0.25) is 0 Å². The fourth-order valence-corrected chi connectivity index (χ4v) is 2.98. The van der Waals surface area contributed by atoms with E-state index >= 15 is 0 Å². The van der Waals surface area contributed by atoms with Crippen LogP contribution in [-0.2, 0) is 16.0 Å². The number of carbonyl (C=O) groups excluding carboxylic acids is 2. The lowest BCUT2D eigenvalue weighted by molar-refractivity contribution is 0.0429. The molecule has 0 aliphatic heterocycles. The van der Waals surface area contributed by atoms with E-state index in [4.69, 9.17) is 15.2 Å². The first-order valence-corrected chi connectivity index (χ1v) is 9.65. The van der Waals surface area contributed by atoms with Crippen molar-refractivity contribution in [3.63, 3.8) is 0 Å². The topological polar surface area (TPSA) is 94.8 Å². The maximum Gasteiger partial charge on any atom is 0.425 e. The zero-order valence-corrected chi connectivity index (χ0v) is 18.6. The van der Waals surface area contributed by atoms with E-state index in [9.17, 15) is 9.59 Å². The molecule has 1 aromatic carbocycles. The summed E-state index contributed by atoms with van der Waals surface area (Å²) in [5.74, 6) is 0.0881. The maximum absolute atomic E-state index is 12.8. The van der Waals surface area contributed by atoms with Crippen molar-refractivity contribution in [2.75, 3.05) is 4.90 Å². The lowest BCUT2D eigenvalue weighted by atomic mass is 10.1. The molecule has 0 aliphatic rings. The number of halogens is 1. The second-order valence-electron chi connectivity index (χ2n) is 8.32. The average Bonchev–Trinajstić information content (AvgIpc) is 2.53. The number of carbonyl (C=O) groups is 2. The second kappa shape index (κ2) is 8.05. The Balaban J connectivity index is 2.60. The third-order valence-corrected chi connectivity index (χ3v) is 4.26. The molecule has 0 saturated carbocycles. The summed E-state index contributed by atoms with van der Waals surface area (Å²) in [4.78, 5) is 30.8. The Morgan fingerprint density at radius 1 is 1.07 bits per heavy atom. The van der Waals surface area contributed by atoms with Gasteiger partial charge in [0, 0.05) is 23.5 Å². The number of rotatable bonds is 2. The maximum atomic E-state index is 12.8. The summed E-state index contributed by atoms with van der Waals surface area (Å²) >= 11 is 3.48. The molecule has 0 atom stereocenters. The fourth-order valence-electron chi connectivity index (χ4n) is 2.36. The summed E-state index contributed by atoms with van der Waals surface area (Å²) in [5.41, 5.74) is 5.05. The van der Waals surface area contributed by atoms with Crippen LogP contribution in [0.25, 0.3) is 10.8 Å². The van der Waals surface area contributed by atoms with Gasteiger partial charge in [0.25, 0.3) is 0 Å². The average molecular weight is 452 g/mol. The third-order valence-electron chi connectivity index (χ3n) is 3.48. The van der Waals surface area contributed by atoms with Crippen molar-refractivity contribution in [2.45, 2.75) is 59.3 Å². The molecule has 0 spiro atoms. The van der Waals surface area contributed by atoms with Gasteiger partial charge in [-0.25, -0.2) is 14.6 Å². The first-order valence-electron chi connectivity index (χ1n) is 8.85. The minimum Gasteiger partial charge on any atom is -0.443 e. The van der Waals surface area contributed by atoms with Crippen LogP contribution in [-0.4, -0.2) is 28.4 Å². The number of fused-ring (bicyclic) bond motifs is 1. The minimum absolute atomic E-state index is 0.0881. The van der Waals surface area contributed by atoms with Gasteiger partial charge in [0.2, 0.25) is 0 Å². The third kappa shape index (κ3) is 5.42. The van der Waals surface area contributed by atoms with Crippen molar-refractivity contribution in [3.05, 3.63) is 34.4 Å². The second-order valence-corrected chi connectivity index (χ2v) is 9.11. The van der Waals surface area contributed by atoms with Gasteiger partial charge in [0.05, 0.1) is 4.47 Å². The van der Waals surface area contributed by atoms with Crippen LogP contribution < -0.4 is 10.6 Å². The predicted octanol–water partition coefficient (Wildman–Crippen LogP) is 5.13. The Kier molecular flexibility index (Phi) is 6.35. The number of hydrogen-bond acceptors (Lipinski definition) is 6. The summed E-state index contributed by atoms with van der Waals surface area (Å²) in [6.45, 7) is 10.7. The largest absolute Gasteiger partial charge is 0.443 e. The van der Waals surface area contributed by atoms with Crippen LogP contribution in [0.4, 0.5) is 15.4 Å². The molecule has 28 heavy (non-hydrogen) atoms. The zero-order valence-electron chi connectivity index (χ0n) is 17.0. The summed E-state index contributed by atoms with van der Waals surface area (Å²) in [5, 5.41) is 1.60. The van der Waals surface area contributed by atoms with Gasteiger partial charge in [0.15, 0.2) is 5.82 Å². The fraction of sp³-hybridized carbons (Fsp3) is 0.450. The van der Waals surface area contributed by atoms with E-state index in [1.807, 2.05) is 18.2 Å². The van der Waals surface area contributed by atoms with Crippen LogP contribution >= 0.6 is 15.9 Å². The van der Waals surface area contributed by atoms with Crippen molar-refractivity contribution in [1.82, 2.24) is 4.98 Å². The van der Waals surface area contributed by atoms with Gasteiger partial charge in [-0.05, 0) is 69.1 Å². The number of benzene rings is 1. The first kappa shape index (κ1) is 22.1. The number of ether oxygens (including phenoxy) is 2. The smallest absolute Gasteiger partial charge is 0.425 e. The van der Waals surface area contributed by atoms with Crippen molar-refractivity contribution in [3.8, 4) is 0 Å². The molecule has 2 rings (SSSR count). The van der Waals surface area contributed by atoms with Gasteiger partial charge >= 0.3 is 12.2 Å². The molecule has 2 aromatic rings. The quantitative estimate of drug-likeness (QED) is 0.679. The van der Waals surface area contributed by atoms with Crippen LogP contribution in [0.15, 0.2) is 28.9 Å². The van der Waals surface area contributed by atoms with E-state index in [2.05, 4.69) is 20.9 Å². The van der Waals surface area contributed by atoms with Crippen LogP contribution in [0, 0.1) is 0 Å². The van der Waals surface area contributed by atoms with E-state index < -0.39 is 23.4 Å². The molecule has 1 heterocycles. The Hall–Kier alpha value is -2.19. The van der Waals surface area contributed by atoms with Gasteiger partial charge in [-0.2, -0.15) is 4.90 Å². The monoisotopic (exact) mass is 451 g/mol. The summed E-state index contributed by atoms with van der Waals surface area (Å²) in [7, 11) is 0. The molecule has 0 aliphatic carbocycles. The molecule has 0 fully saturated rings. The van der Waals surface area contributed by atoms with Gasteiger partial charge in [-0.15, -0.1) is 0 Å². The van der Waals surface area contributed by atoms with Crippen molar-refractivity contribution in [1.29, 1.82) is 0 Å². The molecule has 7 nitrogen and oxygen atoms in total. The summed E-state index contributed by atoms with van der Waals surface area (Å²) < 4.78 is 11.3. The lowest BCUT2D eigenvalue weighted by Gasteiger charge is -2.28. The first-order chi connectivity index (χ1) is 12.8. The number of nitrogens with zero attached hydrogens (tertiary/aromatic N) is 2. The molecule has 2 N–H and O–H groups in total. The zero-order chi connectivity index (χ0) is 21.3. The van der Waals surface area contributed by atoms with E-state index in [1.54, 1.807) is 47.7 Å². The molecule has 0 unspecified atom stereocenters. The lowest BCUT2D eigenvalue weighted by Crippen LogP contribution is -2.44. The molecular weight excluding hydrogens is 426 g/mol. The molecular formula is C20H26BrN3O4. The molecule has 152 valence electrons. The highest BCUT2D eigenvalue weighted by Gasteiger charge is 2.35. The minimum atomic E-state index is -0.871. The van der Waals surface area contributed by atoms with Crippen LogP contribution in [0.3, 0.4) is 0 Å². The highest BCUT2D eigenvalue weighted by Crippen LogP contribution is 2.34. The highest BCUT2D eigenvalue weighted by molar-refractivity contribution is 9.10. The van der Waals surface area contributed by atoms with Gasteiger partial charge < -0.3 is 15.2 Å².